The molecule has 0 fully saturated rings. The summed E-state index contributed by atoms with van der Waals surface area (Å²) in [6.07, 6.45) is 0. The number of aromatic hydroxyl groups is 1. The van der Waals surface area contributed by atoms with E-state index in [1.807, 2.05) is 0 Å². The van der Waals surface area contributed by atoms with Gasteiger partial charge in [0.05, 0.1) is 14.7 Å². The lowest BCUT2D eigenvalue weighted by atomic mass is 10.0. The van der Waals surface area contributed by atoms with Gasteiger partial charge in [-0.25, -0.2) is 29.9 Å². The van der Waals surface area contributed by atoms with Crippen molar-refractivity contribution in [3.63, 3.8) is 0 Å². The predicted molar refractivity (Wildman–Crippen MR) is 213 cm³/mol. The standard InChI is InChI=1S/C38H22N8O10S3/c47-19-3-1-2-17(12-19)18-4-8-23-27(13-18)35-39-31(23)41-36-29-15-21(58(51,52)53)6-10-25(29)33(43-36)45-38-30-16-22(59(54,55)56)7-11-26(30)34(46-38)44-37-28-14-20(57(48,49)50)5-9-24(28)32(40-35)42-37/h1-16,47H,(H,48,49,50)(H,51,52,53)(H,54,55,56)(H2,39,40,41,42,43,44,45,46). The molecule has 292 valence electrons. The van der Waals surface area contributed by atoms with Crippen LogP contribution in [0.25, 0.3) is 101 Å². The minimum Gasteiger partial charge on any atom is -0.508 e. The Bertz CT molecular complexity index is 3700. The molecular formula is C38H22N8O10S3. The topological polar surface area (TPSA) is 292 Å². The molecule has 2 aliphatic heterocycles. The molecule has 5 heterocycles. The second-order valence-electron chi connectivity index (χ2n) is 13.5. The second-order valence-corrected chi connectivity index (χ2v) is 17.7. The van der Waals surface area contributed by atoms with E-state index in [1.165, 1.54) is 42.5 Å². The highest BCUT2D eigenvalue weighted by Crippen LogP contribution is 2.39. The highest BCUT2D eigenvalue weighted by molar-refractivity contribution is 7.86. The number of hydrogen-bond acceptors (Lipinski definition) is 13. The fourth-order valence-electron chi connectivity index (χ4n) is 7.08. The van der Waals surface area contributed by atoms with Crippen LogP contribution in [0.4, 0.5) is 0 Å². The Kier molecular flexibility index (Phi) is 7.70. The lowest BCUT2D eigenvalue weighted by Gasteiger charge is -2.03. The van der Waals surface area contributed by atoms with Gasteiger partial charge < -0.3 is 15.1 Å². The number of fused-ring (bicyclic) bond motifs is 20. The molecule has 0 aliphatic carbocycles. The summed E-state index contributed by atoms with van der Waals surface area (Å²) in [6.45, 7) is 0. The van der Waals surface area contributed by atoms with E-state index in [2.05, 4.69) is 19.9 Å². The number of phenols is 1. The van der Waals surface area contributed by atoms with Gasteiger partial charge >= 0.3 is 0 Å². The summed E-state index contributed by atoms with van der Waals surface area (Å²) in [5, 5.41) is 11.7. The quantitative estimate of drug-likeness (QED) is 0.111. The van der Waals surface area contributed by atoms with Gasteiger partial charge in [-0.2, -0.15) is 25.3 Å². The van der Waals surface area contributed by atoms with Gasteiger partial charge in [0.1, 0.15) is 28.3 Å². The van der Waals surface area contributed by atoms with E-state index in [-0.39, 0.29) is 79.1 Å². The van der Waals surface area contributed by atoms with E-state index in [0.29, 0.717) is 27.5 Å². The molecule has 2 aliphatic rings. The number of H-pyrrole nitrogens is 2. The average molecular weight is 847 g/mol. The summed E-state index contributed by atoms with van der Waals surface area (Å²) in [4.78, 5) is 33.3. The molecule has 8 bridgehead atoms. The number of benzene rings is 5. The summed E-state index contributed by atoms with van der Waals surface area (Å²) in [6, 6.07) is 23.1. The normalized spacial score (nSPS) is 12.8. The molecule has 0 atom stereocenters. The smallest absolute Gasteiger partial charge is 0.294 e. The maximum Gasteiger partial charge on any atom is 0.294 e. The zero-order valence-corrected chi connectivity index (χ0v) is 31.8. The summed E-state index contributed by atoms with van der Waals surface area (Å²) in [5.74, 6) is 0.0191. The first-order chi connectivity index (χ1) is 28.0. The summed E-state index contributed by atoms with van der Waals surface area (Å²) >= 11 is 0. The van der Waals surface area contributed by atoms with Gasteiger partial charge in [0.2, 0.25) is 0 Å². The van der Waals surface area contributed by atoms with E-state index in [1.54, 1.807) is 36.4 Å². The van der Waals surface area contributed by atoms with E-state index >= 15 is 0 Å². The van der Waals surface area contributed by atoms with Crippen LogP contribution >= 0.6 is 0 Å². The highest BCUT2D eigenvalue weighted by atomic mass is 32.2. The first kappa shape index (κ1) is 36.3. The van der Waals surface area contributed by atoms with Gasteiger partial charge in [-0.05, 0) is 90.0 Å². The monoisotopic (exact) mass is 846 g/mol. The molecule has 0 unspecified atom stereocenters. The molecule has 18 nitrogen and oxygen atoms in total. The number of phenolic OH excluding ortho intramolecular Hbond substituents is 1. The Balaban J connectivity index is 1.38. The Hall–Kier alpha value is -7.01. The molecular weight excluding hydrogens is 825 g/mol. The van der Waals surface area contributed by atoms with Crippen LogP contribution < -0.4 is 0 Å². The summed E-state index contributed by atoms with van der Waals surface area (Å²) in [7, 11) is -14.1. The van der Waals surface area contributed by atoms with Crippen LogP contribution in [0.5, 0.6) is 5.75 Å². The van der Waals surface area contributed by atoms with Crippen LogP contribution in [0.15, 0.2) is 112 Å². The van der Waals surface area contributed by atoms with Crippen molar-refractivity contribution in [1.29, 1.82) is 0 Å². The maximum absolute atomic E-state index is 12.3. The fraction of sp³-hybridized carbons (Fsp3) is 0. The largest absolute Gasteiger partial charge is 0.508 e. The van der Waals surface area contributed by atoms with Crippen molar-refractivity contribution in [2.24, 2.45) is 0 Å². The lowest BCUT2D eigenvalue weighted by molar-refractivity contribution is 0.475. The van der Waals surface area contributed by atoms with Crippen molar-refractivity contribution in [3.05, 3.63) is 97.1 Å². The van der Waals surface area contributed by atoms with Gasteiger partial charge in [-0.3, -0.25) is 13.7 Å². The molecule has 0 radical (unpaired) electrons. The number of rotatable bonds is 4. The number of nitrogens with one attached hydrogen (secondary N) is 2. The Labute approximate surface area is 331 Å². The average Bonchev–Trinajstić information content (AvgIpc) is 3.91. The Morgan fingerprint density at radius 2 is 0.797 bits per heavy atom. The third-order valence-electron chi connectivity index (χ3n) is 9.82. The van der Waals surface area contributed by atoms with Crippen LogP contribution in [0.3, 0.4) is 0 Å². The van der Waals surface area contributed by atoms with Crippen LogP contribution in [-0.2, 0) is 30.4 Å². The van der Waals surface area contributed by atoms with Crippen LogP contribution in [-0.4, -0.2) is 83.9 Å². The second kappa shape index (κ2) is 12.5. The van der Waals surface area contributed by atoms with Crippen LogP contribution in [0.1, 0.15) is 0 Å². The predicted octanol–water partition coefficient (Wildman–Crippen LogP) is 5.98. The number of nitrogens with zero attached hydrogens (tertiary/aromatic N) is 6. The van der Waals surface area contributed by atoms with E-state index in [9.17, 15) is 44.0 Å². The molecule has 59 heavy (non-hydrogen) atoms. The third-order valence-corrected chi connectivity index (χ3v) is 12.4. The maximum atomic E-state index is 12.3. The zero-order chi connectivity index (χ0) is 41.2. The van der Waals surface area contributed by atoms with Crippen molar-refractivity contribution < 1.29 is 44.0 Å². The SMILES string of the molecule is O=S(=O)(O)c1ccc2c(c1)-c1nc-2nc2[nH]c(nc3nc(nc4[nH]c(n1)c1ccc(-c5cccc(O)c5)cc41)-c1ccc(S(=O)(=O)O)cc1-3)c1ccc(S(=O)(=O)O)cc21. The number of aromatic amines is 2. The zero-order valence-electron chi connectivity index (χ0n) is 29.4. The van der Waals surface area contributed by atoms with Crippen molar-refractivity contribution >= 4 is 74.5 Å². The van der Waals surface area contributed by atoms with Crippen molar-refractivity contribution in [3.8, 4) is 62.4 Å². The minimum atomic E-state index is -4.71. The first-order valence-electron chi connectivity index (χ1n) is 17.1. The van der Waals surface area contributed by atoms with Crippen LogP contribution in [0, 0.1) is 0 Å². The van der Waals surface area contributed by atoms with E-state index in [0.717, 1.165) is 18.2 Å². The van der Waals surface area contributed by atoms with Gasteiger partial charge in [-0.1, -0.05) is 18.2 Å². The van der Waals surface area contributed by atoms with E-state index in [4.69, 9.17) is 19.9 Å². The first-order valence-corrected chi connectivity index (χ1v) is 21.4. The van der Waals surface area contributed by atoms with Gasteiger partial charge in [0, 0.05) is 43.8 Å². The molecule has 0 amide bonds. The third kappa shape index (κ3) is 6.16. The Morgan fingerprint density at radius 1 is 0.390 bits per heavy atom. The number of hydrogen-bond donors (Lipinski definition) is 6. The summed E-state index contributed by atoms with van der Waals surface area (Å²) < 4.78 is 103. The van der Waals surface area contributed by atoms with Gasteiger partial charge in [0.25, 0.3) is 30.4 Å². The highest BCUT2D eigenvalue weighted by Gasteiger charge is 2.26. The molecule has 0 saturated carbocycles. The molecule has 3 aromatic heterocycles. The number of aromatic nitrogens is 8. The van der Waals surface area contributed by atoms with E-state index < -0.39 is 45.0 Å². The van der Waals surface area contributed by atoms with Gasteiger partial charge in [-0.15, -0.1) is 0 Å². The fourth-order valence-corrected chi connectivity index (χ4v) is 8.60. The molecule has 10 rings (SSSR count). The van der Waals surface area contributed by atoms with Gasteiger partial charge in [0.15, 0.2) is 23.3 Å². The molecule has 5 aromatic carbocycles. The molecule has 8 aromatic rings. The van der Waals surface area contributed by atoms with Crippen molar-refractivity contribution in [1.82, 2.24) is 39.9 Å². The molecule has 0 spiro atoms. The minimum absolute atomic E-state index is 0.00682. The van der Waals surface area contributed by atoms with Crippen molar-refractivity contribution in [2.45, 2.75) is 14.7 Å². The van der Waals surface area contributed by atoms with Crippen LogP contribution in [0.2, 0.25) is 0 Å². The molecule has 6 N–H and O–H groups in total. The lowest BCUT2D eigenvalue weighted by Crippen LogP contribution is -1.98. The molecule has 0 saturated heterocycles. The summed E-state index contributed by atoms with van der Waals surface area (Å²) in [5.41, 5.74) is 2.81. The van der Waals surface area contributed by atoms with Crippen molar-refractivity contribution in [2.75, 3.05) is 0 Å². The molecule has 21 heteroatoms. The Morgan fingerprint density at radius 3 is 1.29 bits per heavy atom.